The predicted octanol–water partition coefficient (Wildman–Crippen LogP) is 1.69. The van der Waals surface area contributed by atoms with E-state index in [0.29, 0.717) is 23.6 Å². The van der Waals surface area contributed by atoms with Crippen molar-refractivity contribution >= 4 is 11.9 Å². The molecule has 0 spiro atoms. The molecule has 2 aliphatic rings. The maximum absolute atomic E-state index is 12.0. The average Bonchev–Trinajstić information content (AvgIpc) is 2.82. The number of nitrogens with one attached hydrogen (secondary N) is 2. The normalized spacial score (nSPS) is 25.9. The van der Waals surface area contributed by atoms with E-state index in [1.54, 1.807) is 12.1 Å². The number of amides is 1. The fourth-order valence-electron chi connectivity index (χ4n) is 2.65. The molecule has 0 bridgehead atoms. The van der Waals surface area contributed by atoms with Crippen LogP contribution in [0.15, 0.2) is 35.3 Å². The van der Waals surface area contributed by atoms with Crippen molar-refractivity contribution in [3.63, 3.8) is 0 Å². The summed E-state index contributed by atoms with van der Waals surface area (Å²) in [5, 5.41) is 6.16. The zero-order valence-electron chi connectivity index (χ0n) is 10.2. The van der Waals surface area contributed by atoms with Crippen LogP contribution in [0.3, 0.4) is 0 Å². The summed E-state index contributed by atoms with van der Waals surface area (Å²) >= 11 is 0. The molecule has 1 heterocycles. The molecular weight excluding hydrogens is 226 g/mol. The number of carbonyl (C=O) groups excluding carboxylic acids is 1. The van der Waals surface area contributed by atoms with Crippen molar-refractivity contribution < 1.29 is 4.79 Å². The molecule has 94 valence electrons. The van der Waals surface area contributed by atoms with Gasteiger partial charge in [0.15, 0.2) is 5.96 Å². The number of rotatable bonds is 1. The maximum atomic E-state index is 12.0. The molecule has 1 amide bonds. The third-order valence-corrected chi connectivity index (χ3v) is 3.61. The van der Waals surface area contributed by atoms with Gasteiger partial charge in [-0.1, -0.05) is 31.0 Å². The van der Waals surface area contributed by atoms with E-state index < -0.39 is 0 Å². The molecule has 1 fully saturated rings. The first kappa shape index (κ1) is 11.3. The molecule has 1 saturated carbocycles. The van der Waals surface area contributed by atoms with E-state index >= 15 is 0 Å². The number of guanidine groups is 1. The van der Waals surface area contributed by atoms with Crippen molar-refractivity contribution in [2.75, 3.05) is 0 Å². The minimum absolute atomic E-state index is 0.0968. The van der Waals surface area contributed by atoms with Gasteiger partial charge >= 0.3 is 0 Å². The van der Waals surface area contributed by atoms with Gasteiger partial charge in [-0.15, -0.1) is 0 Å². The van der Waals surface area contributed by atoms with E-state index in [2.05, 4.69) is 15.6 Å². The third kappa shape index (κ3) is 2.23. The molecule has 4 nitrogen and oxygen atoms in total. The number of hydrogen-bond donors (Lipinski definition) is 2. The van der Waals surface area contributed by atoms with Crippen LogP contribution in [0, 0.1) is 0 Å². The minimum Gasteiger partial charge on any atom is -0.351 e. The summed E-state index contributed by atoms with van der Waals surface area (Å²) in [5.41, 5.74) is 0.664. The lowest BCUT2D eigenvalue weighted by Crippen LogP contribution is -2.43. The lowest BCUT2D eigenvalue weighted by atomic mass is 9.92. The summed E-state index contributed by atoms with van der Waals surface area (Å²) in [7, 11) is 0. The topological polar surface area (TPSA) is 53.5 Å². The average molecular weight is 243 g/mol. The Morgan fingerprint density at radius 2 is 2.00 bits per heavy atom. The molecule has 0 radical (unpaired) electrons. The number of nitrogens with zero attached hydrogens (tertiary/aromatic N) is 1. The monoisotopic (exact) mass is 243 g/mol. The van der Waals surface area contributed by atoms with Crippen LogP contribution < -0.4 is 10.6 Å². The number of fused-ring (bicyclic) bond motifs is 1. The lowest BCUT2D eigenvalue weighted by molar-refractivity contribution is 0.0976. The van der Waals surface area contributed by atoms with Crippen LogP contribution in [0.4, 0.5) is 0 Å². The van der Waals surface area contributed by atoms with Crippen LogP contribution >= 0.6 is 0 Å². The van der Waals surface area contributed by atoms with Crippen LogP contribution in [0.2, 0.25) is 0 Å². The fraction of sp³-hybridized carbons (Fsp3) is 0.429. The first-order valence-corrected chi connectivity index (χ1v) is 6.54. The zero-order chi connectivity index (χ0) is 12.4. The molecule has 4 heteroatoms. The molecule has 1 aliphatic carbocycles. The molecule has 0 saturated heterocycles. The van der Waals surface area contributed by atoms with Crippen molar-refractivity contribution in [1.29, 1.82) is 0 Å². The maximum Gasteiger partial charge on any atom is 0.257 e. The Hall–Kier alpha value is -1.84. The van der Waals surface area contributed by atoms with Gasteiger partial charge in [-0.2, -0.15) is 0 Å². The summed E-state index contributed by atoms with van der Waals surface area (Å²) in [6.45, 7) is 0. The second kappa shape index (κ2) is 4.80. The third-order valence-electron chi connectivity index (χ3n) is 3.61. The number of benzene rings is 1. The van der Waals surface area contributed by atoms with E-state index in [0.717, 1.165) is 12.8 Å². The van der Waals surface area contributed by atoms with E-state index in [9.17, 15) is 4.79 Å². The second-order valence-corrected chi connectivity index (χ2v) is 4.90. The van der Waals surface area contributed by atoms with Gasteiger partial charge in [-0.25, -0.2) is 4.99 Å². The van der Waals surface area contributed by atoms with Gasteiger partial charge in [0.05, 0.1) is 12.1 Å². The highest BCUT2D eigenvalue weighted by Crippen LogP contribution is 2.24. The molecule has 2 atom stereocenters. The minimum atomic E-state index is -0.0968. The standard InChI is InChI=1S/C14H17N3O/c18-13(10-6-2-1-3-7-10)17-14-15-11-8-4-5-9-12(11)16-14/h1-3,6-7,11-12H,4-5,8-9H2,(H2,15,16,17,18)/t11-,12+. The van der Waals surface area contributed by atoms with Gasteiger partial charge in [-0.3, -0.25) is 10.1 Å². The Balaban J connectivity index is 1.65. The predicted molar refractivity (Wildman–Crippen MR) is 70.5 cm³/mol. The summed E-state index contributed by atoms with van der Waals surface area (Å²) in [5.74, 6) is 0.543. The number of aliphatic imine (C=N–C) groups is 1. The molecule has 1 aromatic rings. The van der Waals surface area contributed by atoms with E-state index in [1.165, 1.54) is 12.8 Å². The van der Waals surface area contributed by atoms with E-state index in [1.807, 2.05) is 18.2 Å². The lowest BCUT2D eigenvalue weighted by Gasteiger charge is -2.22. The van der Waals surface area contributed by atoms with Crippen LogP contribution in [-0.2, 0) is 0 Å². The molecule has 2 N–H and O–H groups in total. The Morgan fingerprint density at radius 3 is 2.78 bits per heavy atom. The summed E-state index contributed by atoms with van der Waals surface area (Å²) in [6, 6.07) is 10.00. The molecule has 0 aromatic heterocycles. The highest BCUT2D eigenvalue weighted by molar-refractivity contribution is 6.06. The van der Waals surface area contributed by atoms with Gasteiger partial charge in [0.25, 0.3) is 5.91 Å². The first-order chi connectivity index (χ1) is 8.83. The Bertz CT molecular complexity index is 469. The largest absolute Gasteiger partial charge is 0.351 e. The highest BCUT2D eigenvalue weighted by Gasteiger charge is 2.31. The van der Waals surface area contributed by atoms with E-state index in [4.69, 9.17) is 0 Å². The molecule has 3 rings (SSSR count). The Morgan fingerprint density at radius 1 is 1.22 bits per heavy atom. The Kier molecular flexibility index (Phi) is 3.00. The first-order valence-electron chi connectivity index (χ1n) is 6.54. The molecule has 1 aromatic carbocycles. The van der Waals surface area contributed by atoms with E-state index in [-0.39, 0.29) is 5.91 Å². The van der Waals surface area contributed by atoms with Crippen molar-refractivity contribution in [1.82, 2.24) is 10.6 Å². The van der Waals surface area contributed by atoms with Gasteiger partial charge < -0.3 is 5.32 Å². The molecule has 18 heavy (non-hydrogen) atoms. The SMILES string of the molecule is O=C(NC1=N[C@H]2CCCC[C@H]2N1)c1ccccc1. The number of carbonyl (C=O) groups is 1. The van der Waals surface area contributed by atoms with Gasteiger partial charge in [0.1, 0.15) is 0 Å². The van der Waals surface area contributed by atoms with Crippen molar-refractivity contribution in [3.05, 3.63) is 35.9 Å². The molecule has 1 aliphatic heterocycles. The van der Waals surface area contributed by atoms with Gasteiger partial charge in [-0.05, 0) is 25.0 Å². The second-order valence-electron chi connectivity index (χ2n) is 4.90. The summed E-state index contributed by atoms with van der Waals surface area (Å²) in [4.78, 5) is 16.5. The smallest absolute Gasteiger partial charge is 0.257 e. The van der Waals surface area contributed by atoms with Gasteiger partial charge in [0.2, 0.25) is 0 Å². The summed E-state index contributed by atoms with van der Waals surface area (Å²) in [6.07, 6.45) is 4.77. The van der Waals surface area contributed by atoms with Crippen LogP contribution in [0.1, 0.15) is 36.0 Å². The quantitative estimate of drug-likeness (QED) is 0.788. The van der Waals surface area contributed by atoms with Crippen molar-refractivity contribution in [2.24, 2.45) is 4.99 Å². The Labute approximate surface area is 106 Å². The molecule has 0 unspecified atom stereocenters. The highest BCUT2D eigenvalue weighted by atomic mass is 16.1. The fourth-order valence-corrected chi connectivity index (χ4v) is 2.65. The molecular formula is C14H17N3O. The zero-order valence-corrected chi connectivity index (χ0v) is 10.2. The van der Waals surface area contributed by atoms with Crippen molar-refractivity contribution in [2.45, 2.75) is 37.8 Å². The van der Waals surface area contributed by atoms with Crippen LogP contribution in [0.5, 0.6) is 0 Å². The van der Waals surface area contributed by atoms with Crippen LogP contribution in [-0.4, -0.2) is 24.0 Å². The van der Waals surface area contributed by atoms with Crippen LogP contribution in [0.25, 0.3) is 0 Å². The summed E-state index contributed by atoms with van der Waals surface area (Å²) < 4.78 is 0. The van der Waals surface area contributed by atoms with Gasteiger partial charge in [0, 0.05) is 5.56 Å². The van der Waals surface area contributed by atoms with Crippen molar-refractivity contribution in [3.8, 4) is 0 Å². The number of hydrogen-bond acceptors (Lipinski definition) is 3.